The molecule has 0 N–H and O–H groups in total. The van der Waals surface area contributed by atoms with Gasteiger partial charge in [-0.3, -0.25) is 0 Å². The number of aryl methyl sites for hydroxylation is 1. The van der Waals surface area contributed by atoms with E-state index >= 15 is 0 Å². The fourth-order valence-electron chi connectivity index (χ4n) is 8.22. The van der Waals surface area contributed by atoms with Crippen molar-refractivity contribution in [1.29, 1.82) is 0 Å². The number of aromatic nitrogens is 2. The van der Waals surface area contributed by atoms with Crippen LogP contribution >= 0.6 is 11.3 Å². The Morgan fingerprint density at radius 1 is 0.420 bits per heavy atom. The highest BCUT2D eigenvalue weighted by Gasteiger charge is 2.22. The van der Waals surface area contributed by atoms with Crippen LogP contribution in [-0.4, -0.2) is 9.13 Å². The molecule has 0 saturated carbocycles. The van der Waals surface area contributed by atoms with Gasteiger partial charge in [0, 0.05) is 48.4 Å². The van der Waals surface area contributed by atoms with Crippen LogP contribution in [0.1, 0.15) is 5.56 Å². The Bertz CT molecular complexity index is 3140. The molecule has 0 unspecified atom stereocenters. The molecule has 0 radical (unpaired) electrons. The molecule has 0 amide bonds. The summed E-state index contributed by atoms with van der Waals surface area (Å²) < 4.78 is 7.60. The average Bonchev–Trinajstić information content (AvgIpc) is 3.83. The van der Waals surface area contributed by atoms with Crippen molar-refractivity contribution in [3.8, 4) is 22.5 Å². The first kappa shape index (κ1) is 27.8. The van der Waals surface area contributed by atoms with Crippen molar-refractivity contribution in [2.75, 3.05) is 0 Å². The largest absolute Gasteiger partial charge is 0.309 e. The zero-order chi connectivity index (χ0) is 32.9. The maximum absolute atomic E-state index is 2.50. The van der Waals surface area contributed by atoms with Crippen molar-refractivity contribution < 1.29 is 0 Å². The normalized spacial score (nSPS) is 12.1. The van der Waals surface area contributed by atoms with Crippen LogP contribution in [0.15, 0.2) is 164 Å². The lowest BCUT2D eigenvalue weighted by molar-refractivity contribution is 1.19. The summed E-state index contributed by atoms with van der Waals surface area (Å²) in [5, 5.41) is 10.2. The topological polar surface area (TPSA) is 9.86 Å². The highest BCUT2D eigenvalue weighted by molar-refractivity contribution is 7.26. The summed E-state index contributed by atoms with van der Waals surface area (Å²) in [7, 11) is 0. The average molecular weight is 655 g/mol. The van der Waals surface area contributed by atoms with Crippen LogP contribution in [0.5, 0.6) is 0 Å². The molecule has 0 spiro atoms. The van der Waals surface area contributed by atoms with Gasteiger partial charge >= 0.3 is 0 Å². The molecule has 3 heteroatoms. The van der Waals surface area contributed by atoms with E-state index in [1.165, 1.54) is 103 Å². The van der Waals surface area contributed by atoms with Crippen LogP contribution in [0.4, 0.5) is 0 Å². The van der Waals surface area contributed by atoms with Gasteiger partial charge in [-0.15, -0.1) is 11.3 Å². The van der Waals surface area contributed by atoms with Crippen molar-refractivity contribution >= 4 is 85.9 Å². The molecule has 2 nitrogen and oxygen atoms in total. The van der Waals surface area contributed by atoms with Gasteiger partial charge in [0.15, 0.2) is 0 Å². The second kappa shape index (κ2) is 10.4. The lowest BCUT2D eigenvalue weighted by Crippen LogP contribution is -1.94. The quantitative estimate of drug-likeness (QED) is 0.179. The van der Waals surface area contributed by atoms with Gasteiger partial charge in [0.2, 0.25) is 0 Å². The number of hydrogen-bond acceptors (Lipinski definition) is 1. The molecule has 0 aliphatic rings. The summed E-state index contributed by atoms with van der Waals surface area (Å²) in [6.07, 6.45) is 0. The van der Waals surface area contributed by atoms with E-state index in [2.05, 4.69) is 180 Å². The van der Waals surface area contributed by atoms with Gasteiger partial charge in [0.1, 0.15) is 0 Å². The SMILES string of the molecule is Cc1ccc(-c2ccc(-n3c4ccccc4c4ccc5c(sc6ccc7c8ccccc8n(-c8ccc9ccccc9c8)c7c65)c43)cc2)cc1. The van der Waals surface area contributed by atoms with Crippen molar-refractivity contribution in [3.63, 3.8) is 0 Å². The van der Waals surface area contributed by atoms with Crippen molar-refractivity contribution in [3.05, 3.63) is 169 Å². The monoisotopic (exact) mass is 654 g/mol. The zero-order valence-electron chi connectivity index (χ0n) is 27.4. The third-order valence-corrected chi connectivity index (χ3v) is 11.7. The number of rotatable bonds is 3. The van der Waals surface area contributed by atoms with Crippen LogP contribution in [0.3, 0.4) is 0 Å². The van der Waals surface area contributed by atoms with Gasteiger partial charge in [0.25, 0.3) is 0 Å². The van der Waals surface area contributed by atoms with Crippen LogP contribution in [-0.2, 0) is 0 Å². The summed E-state index contributed by atoms with van der Waals surface area (Å²) in [5.74, 6) is 0. The molecule has 8 aromatic carbocycles. The molecule has 0 bridgehead atoms. The smallest absolute Gasteiger partial charge is 0.0719 e. The molecule has 234 valence electrons. The van der Waals surface area contributed by atoms with Gasteiger partial charge in [0.05, 0.1) is 26.8 Å². The van der Waals surface area contributed by atoms with E-state index in [1.807, 2.05) is 11.3 Å². The summed E-state index contributed by atoms with van der Waals surface area (Å²) in [6, 6.07) is 60.5. The Hall–Kier alpha value is -6.16. The highest BCUT2D eigenvalue weighted by atomic mass is 32.1. The Balaban J connectivity index is 1.23. The third-order valence-electron chi connectivity index (χ3n) is 10.6. The number of thiophene rings is 1. The van der Waals surface area contributed by atoms with Gasteiger partial charge in [-0.25, -0.2) is 0 Å². The van der Waals surface area contributed by atoms with Crippen molar-refractivity contribution in [1.82, 2.24) is 9.13 Å². The maximum Gasteiger partial charge on any atom is 0.0719 e. The number of nitrogens with zero attached hydrogens (tertiary/aromatic N) is 2. The number of benzene rings is 8. The molecule has 0 saturated heterocycles. The van der Waals surface area contributed by atoms with Gasteiger partial charge in [-0.1, -0.05) is 127 Å². The Morgan fingerprint density at radius 3 is 1.72 bits per heavy atom. The van der Waals surface area contributed by atoms with E-state index in [0.29, 0.717) is 0 Å². The fourth-order valence-corrected chi connectivity index (χ4v) is 9.47. The molecule has 0 atom stereocenters. The molecule has 11 aromatic rings. The lowest BCUT2D eigenvalue weighted by atomic mass is 10.0. The standard InChI is InChI=1S/C47H30N2S/c1-29-14-16-31(17-15-29)32-18-21-34(22-19-32)48-41-12-6-5-11-37(41)39-24-25-40-44-43(50-47(40)46(39)48)27-26-38-36-10-4-7-13-42(36)49(45(38)44)35-23-20-30-8-2-3-9-33(30)28-35/h2-28H,1H3. The number of para-hydroxylation sites is 2. The van der Waals surface area contributed by atoms with E-state index in [4.69, 9.17) is 0 Å². The highest BCUT2D eigenvalue weighted by Crippen LogP contribution is 2.47. The van der Waals surface area contributed by atoms with E-state index in [9.17, 15) is 0 Å². The summed E-state index contributed by atoms with van der Waals surface area (Å²) >= 11 is 1.91. The van der Waals surface area contributed by atoms with Crippen molar-refractivity contribution in [2.24, 2.45) is 0 Å². The first-order chi connectivity index (χ1) is 24.7. The van der Waals surface area contributed by atoms with Crippen molar-refractivity contribution in [2.45, 2.75) is 6.92 Å². The van der Waals surface area contributed by atoms with E-state index in [-0.39, 0.29) is 0 Å². The zero-order valence-corrected chi connectivity index (χ0v) is 28.2. The predicted molar refractivity (Wildman–Crippen MR) is 216 cm³/mol. The minimum absolute atomic E-state index is 1.17. The van der Waals surface area contributed by atoms with Crippen LogP contribution in [0, 0.1) is 6.92 Å². The van der Waals surface area contributed by atoms with E-state index in [1.54, 1.807) is 0 Å². The molecule has 0 aliphatic carbocycles. The fraction of sp³-hybridized carbons (Fsp3) is 0.0213. The lowest BCUT2D eigenvalue weighted by Gasteiger charge is -2.11. The molecular weight excluding hydrogens is 625 g/mol. The summed E-state index contributed by atoms with van der Waals surface area (Å²) in [5.41, 5.74) is 11.1. The van der Waals surface area contributed by atoms with E-state index < -0.39 is 0 Å². The first-order valence-corrected chi connectivity index (χ1v) is 18.0. The second-order valence-electron chi connectivity index (χ2n) is 13.4. The molecular formula is C47H30N2S. The Labute approximate surface area is 292 Å². The minimum Gasteiger partial charge on any atom is -0.309 e. The number of hydrogen-bond donors (Lipinski definition) is 0. The van der Waals surface area contributed by atoms with Gasteiger partial charge in [-0.2, -0.15) is 0 Å². The van der Waals surface area contributed by atoms with Crippen LogP contribution in [0.2, 0.25) is 0 Å². The van der Waals surface area contributed by atoms with Gasteiger partial charge < -0.3 is 9.13 Å². The molecule has 0 fully saturated rings. The molecule has 11 rings (SSSR count). The second-order valence-corrected chi connectivity index (χ2v) is 14.5. The Kier molecular flexibility index (Phi) is 5.78. The number of fused-ring (bicyclic) bond motifs is 12. The predicted octanol–water partition coefficient (Wildman–Crippen LogP) is 13.4. The molecule has 3 heterocycles. The molecule has 3 aromatic heterocycles. The first-order valence-electron chi connectivity index (χ1n) is 17.2. The minimum atomic E-state index is 1.17. The summed E-state index contributed by atoms with van der Waals surface area (Å²) in [4.78, 5) is 0. The summed E-state index contributed by atoms with van der Waals surface area (Å²) in [6.45, 7) is 2.14. The molecule has 0 aliphatic heterocycles. The molecule has 50 heavy (non-hydrogen) atoms. The third kappa shape index (κ3) is 3.90. The van der Waals surface area contributed by atoms with Crippen LogP contribution in [0.25, 0.3) is 97.1 Å². The maximum atomic E-state index is 2.50. The van der Waals surface area contributed by atoms with E-state index in [0.717, 1.165) is 0 Å². The Morgan fingerprint density at radius 2 is 0.980 bits per heavy atom. The van der Waals surface area contributed by atoms with Gasteiger partial charge in [-0.05, 0) is 71.3 Å². The van der Waals surface area contributed by atoms with Crippen LogP contribution < -0.4 is 0 Å².